The van der Waals surface area contributed by atoms with E-state index in [2.05, 4.69) is 74.5 Å². The van der Waals surface area contributed by atoms with Gasteiger partial charge in [0.25, 0.3) is 0 Å². The van der Waals surface area contributed by atoms with Crippen LogP contribution in [0, 0.1) is 19.9 Å². The topological polar surface area (TPSA) is 0 Å². The van der Waals surface area contributed by atoms with E-state index >= 15 is 0 Å². The second-order valence-corrected chi connectivity index (χ2v) is 5.46. The summed E-state index contributed by atoms with van der Waals surface area (Å²) >= 11 is 0. The van der Waals surface area contributed by atoms with Gasteiger partial charge in [-0.3, -0.25) is 0 Å². The van der Waals surface area contributed by atoms with Crippen LogP contribution in [0.1, 0.15) is 11.1 Å². The van der Waals surface area contributed by atoms with Crippen molar-refractivity contribution in [2.24, 2.45) is 0 Å². The molecular formula is C20H15. The Morgan fingerprint density at radius 3 is 1.80 bits per heavy atom. The average Bonchev–Trinajstić information content (AvgIpc) is 2.49. The number of hydrogen-bond donors (Lipinski definition) is 0. The van der Waals surface area contributed by atoms with Gasteiger partial charge in [-0.1, -0.05) is 54.6 Å². The molecule has 0 spiro atoms. The summed E-state index contributed by atoms with van der Waals surface area (Å²) in [5.41, 5.74) is 2.54. The smallest absolute Gasteiger partial charge is 0.00172 e. The summed E-state index contributed by atoms with van der Waals surface area (Å²) in [6.07, 6.45) is 0. The summed E-state index contributed by atoms with van der Waals surface area (Å²) in [6.45, 7) is 4.30. The first kappa shape index (κ1) is 11.5. The Hall–Kier alpha value is -2.34. The van der Waals surface area contributed by atoms with Crippen molar-refractivity contribution in [3.8, 4) is 0 Å². The van der Waals surface area contributed by atoms with Gasteiger partial charge in [0.15, 0.2) is 0 Å². The van der Waals surface area contributed by atoms with Gasteiger partial charge < -0.3 is 0 Å². The third-order valence-corrected chi connectivity index (χ3v) is 4.24. The second kappa shape index (κ2) is 4.08. The molecule has 0 heteroatoms. The van der Waals surface area contributed by atoms with E-state index in [9.17, 15) is 0 Å². The van der Waals surface area contributed by atoms with Gasteiger partial charge in [-0.05, 0) is 63.4 Å². The maximum absolute atomic E-state index is 3.59. The molecule has 0 aliphatic heterocycles. The second-order valence-electron chi connectivity index (χ2n) is 5.46. The van der Waals surface area contributed by atoms with Crippen LogP contribution < -0.4 is 0 Å². The molecule has 4 aromatic carbocycles. The van der Waals surface area contributed by atoms with E-state index in [1.807, 2.05) is 0 Å². The first-order valence-electron chi connectivity index (χ1n) is 6.98. The molecule has 4 rings (SSSR count). The molecule has 4 aromatic rings. The third-order valence-electron chi connectivity index (χ3n) is 4.24. The minimum Gasteiger partial charge on any atom is -0.0616 e. The highest BCUT2D eigenvalue weighted by Crippen LogP contribution is 2.35. The maximum atomic E-state index is 3.59. The number of benzene rings is 4. The van der Waals surface area contributed by atoms with Gasteiger partial charge in [-0.2, -0.15) is 0 Å². The van der Waals surface area contributed by atoms with Crippen molar-refractivity contribution in [2.75, 3.05) is 0 Å². The Balaban J connectivity index is 2.42. The minimum atomic E-state index is 1.23. The lowest BCUT2D eigenvalue weighted by Crippen LogP contribution is -1.87. The van der Waals surface area contributed by atoms with E-state index in [1.54, 1.807) is 0 Å². The summed E-state index contributed by atoms with van der Waals surface area (Å²) in [7, 11) is 0. The van der Waals surface area contributed by atoms with E-state index in [-0.39, 0.29) is 0 Å². The van der Waals surface area contributed by atoms with Crippen LogP contribution in [0.2, 0.25) is 0 Å². The molecule has 95 valence electrons. The number of rotatable bonds is 0. The first-order valence-corrected chi connectivity index (χ1v) is 6.98. The molecule has 0 aliphatic carbocycles. The fourth-order valence-electron chi connectivity index (χ4n) is 3.06. The average molecular weight is 255 g/mol. The zero-order valence-electron chi connectivity index (χ0n) is 11.7. The molecule has 0 heterocycles. The van der Waals surface area contributed by atoms with Crippen LogP contribution in [0.5, 0.6) is 0 Å². The maximum Gasteiger partial charge on any atom is -0.00172 e. The van der Waals surface area contributed by atoms with Gasteiger partial charge in [0.1, 0.15) is 0 Å². The molecule has 0 bridgehead atoms. The molecule has 0 atom stereocenters. The van der Waals surface area contributed by atoms with Crippen LogP contribution in [-0.2, 0) is 0 Å². The Kier molecular flexibility index (Phi) is 2.34. The molecule has 0 aliphatic rings. The van der Waals surface area contributed by atoms with Gasteiger partial charge in [0.05, 0.1) is 0 Å². The highest BCUT2D eigenvalue weighted by atomic mass is 14.1. The van der Waals surface area contributed by atoms with Crippen molar-refractivity contribution < 1.29 is 0 Å². The third kappa shape index (κ3) is 1.48. The summed E-state index contributed by atoms with van der Waals surface area (Å²) < 4.78 is 0. The summed E-state index contributed by atoms with van der Waals surface area (Å²) in [5, 5.41) is 7.80. The highest BCUT2D eigenvalue weighted by molar-refractivity contribution is 6.25. The highest BCUT2D eigenvalue weighted by Gasteiger charge is 2.09. The van der Waals surface area contributed by atoms with Gasteiger partial charge in [0, 0.05) is 0 Å². The molecule has 0 saturated heterocycles. The van der Waals surface area contributed by atoms with Crippen LogP contribution >= 0.6 is 0 Å². The minimum absolute atomic E-state index is 1.23. The Bertz CT molecular complexity index is 881. The standard InChI is InChI=1S/C20H15/c1-13-11-19-17-9-5-3-7-15(17)16-8-4-6-10-18(16)20(19)12-14(13)2/h3-11H,1-2H3. The van der Waals surface area contributed by atoms with Crippen molar-refractivity contribution in [3.05, 3.63) is 71.8 Å². The Morgan fingerprint density at radius 1 is 0.650 bits per heavy atom. The van der Waals surface area contributed by atoms with Crippen molar-refractivity contribution in [2.45, 2.75) is 13.8 Å². The van der Waals surface area contributed by atoms with Gasteiger partial charge in [0.2, 0.25) is 0 Å². The van der Waals surface area contributed by atoms with Crippen LogP contribution in [0.25, 0.3) is 32.3 Å². The molecule has 0 fully saturated rings. The largest absolute Gasteiger partial charge is 0.0616 e. The van der Waals surface area contributed by atoms with Crippen molar-refractivity contribution in [1.29, 1.82) is 0 Å². The Labute approximate surface area is 118 Å². The molecule has 20 heavy (non-hydrogen) atoms. The Morgan fingerprint density at radius 2 is 1.15 bits per heavy atom. The SMILES string of the molecule is Cc1[c]c2c3ccccc3c3ccccc3c2cc1C. The van der Waals surface area contributed by atoms with Crippen LogP contribution in [0.15, 0.2) is 54.6 Å². The predicted octanol–water partition coefficient (Wildman–Crippen LogP) is 5.56. The zero-order valence-corrected chi connectivity index (χ0v) is 11.7. The van der Waals surface area contributed by atoms with Crippen LogP contribution in [0.3, 0.4) is 0 Å². The lowest BCUT2D eigenvalue weighted by Gasteiger charge is -2.11. The molecule has 0 N–H and O–H groups in total. The van der Waals surface area contributed by atoms with E-state index in [0.29, 0.717) is 0 Å². The lowest BCUT2D eigenvalue weighted by molar-refractivity contribution is 1.36. The summed E-state index contributed by atoms with van der Waals surface area (Å²) in [4.78, 5) is 0. The summed E-state index contributed by atoms with van der Waals surface area (Å²) in [5.74, 6) is 0. The number of aryl methyl sites for hydroxylation is 2. The van der Waals surface area contributed by atoms with E-state index < -0.39 is 0 Å². The van der Waals surface area contributed by atoms with E-state index in [0.717, 1.165) is 0 Å². The van der Waals surface area contributed by atoms with Crippen LogP contribution in [0.4, 0.5) is 0 Å². The van der Waals surface area contributed by atoms with E-state index in [4.69, 9.17) is 0 Å². The first-order chi connectivity index (χ1) is 9.75. The van der Waals surface area contributed by atoms with E-state index in [1.165, 1.54) is 43.4 Å². The molecule has 1 radical (unpaired) electrons. The van der Waals surface area contributed by atoms with Gasteiger partial charge in [-0.15, -0.1) is 0 Å². The molecular weight excluding hydrogens is 240 g/mol. The fraction of sp³-hybridized carbons (Fsp3) is 0.100. The van der Waals surface area contributed by atoms with Crippen molar-refractivity contribution >= 4 is 32.3 Å². The van der Waals surface area contributed by atoms with Crippen LogP contribution in [-0.4, -0.2) is 0 Å². The summed E-state index contributed by atoms with van der Waals surface area (Å²) in [6, 6.07) is 23.2. The monoisotopic (exact) mass is 255 g/mol. The zero-order chi connectivity index (χ0) is 13.7. The quantitative estimate of drug-likeness (QED) is 0.361. The fourth-order valence-corrected chi connectivity index (χ4v) is 3.06. The molecule has 0 unspecified atom stereocenters. The van der Waals surface area contributed by atoms with Gasteiger partial charge in [-0.25, -0.2) is 0 Å². The number of fused-ring (bicyclic) bond motifs is 6. The molecule has 0 aromatic heterocycles. The molecule has 0 amide bonds. The lowest BCUT2D eigenvalue weighted by atomic mass is 9.92. The molecule has 0 saturated carbocycles. The van der Waals surface area contributed by atoms with Gasteiger partial charge >= 0.3 is 0 Å². The molecule has 0 nitrogen and oxygen atoms in total. The number of hydrogen-bond acceptors (Lipinski definition) is 0. The van der Waals surface area contributed by atoms with Crippen molar-refractivity contribution in [1.82, 2.24) is 0 Å². The predicted molar refractivity (Wildman–Crippen MR) is 87.3 cm³/mol. The normalized spacial score (nSPS) is 11.5. The van der Waals surface area contributed by atoms with Crippen molar-refractivity contribution in [3.63, 3.8) is 0 Å².